The summed E-state index contributed by atoms with van der Waals surface area (Å²) in [7, 11) is 27.1. The lowest BCUT2D eigenvalue weighted by Gasteiger charge is -2.29. The molecule has 0 aromatic heterocycles. The van der Waals surface area contributed by atoms with Crippen LogP contribution in [-0.2, 0) is 76.7 Å². The molecule has 4 amide bonds. The van der Waals surface area contributed by atoms with E-state index in [1.807, 2.05) is 97.6 Å². The molecule has 0 heterocycles. The van der Waals surface area contributed by atoms with E-state index in [0.29, 0.717) is 37.8 Å². The van der Waals surface area contributed by atoms with Gasteiger partial charge in [0.05, 0.1) is 43.7 Å². The molecule has 0 saturated heterocycles. The van der Waals surface area contributed by atoms with Crippen LogP contribution in [0.15, 0.2) is 0 Å². The number of carbonyl (C=O) groups excluding carboxylic acids is 5. The third-order valence-corrected chi connectivity index (χ3v) is 17.7. The maximum absolute atomic E-state index is 11.5. The second-order valence-electron chi connectivity index (χ2n) is 29.5. The summed E-state index contributed by atoms with van der Waals surface area (Å²) in [5, 5.41) is 146. The van der Waals surface area contributed by atoms with E-state index in [0.717, 1.165) is 57.9 Å². The normalized spacial score (nSPS) is 16.1. The number of ether oxygens (including phenoxy) is 1. The van der Waals surface area contributed by atoms with E-state index in [2.05, 4.69) is 97.3 Å². The molecule has 2 rings (SSSR count). The van der Waals surface area contributed by atoms with Gasteiger partial charge in [0.1, 0.15) is 53.9 Å². The molecule has 2 aliphatic carbocycles. The van der Waals surface area contributed by atoms with Gasteiger partial charge in [-0.05, 0) is 216 Å². The fraction of sp³-hybridized carbons (Fsp3) is 0.815. The Morgan fingerprint density at radius 3 is 0.945 bits per heavy atom. The second kappa shape index (κ2) is 101. The number of likely N-dealkylation sites (N-methyl/N-ethyl adjacent to an activating group) is 11. The van der Waals surface area contributed by atoms with Gasteiger partial charge < -0.3 is 168 Å². The summed E-state index contributed by atoms with van der Waals surface area (Å²) in [5.74, 6) is -8.31. The van der Waals surface area contributed by atoms with Gasteiger partial charge in [0, 0.05) is 25.2 Å². The van der Waals surface area contributed by atoms with Crippen molar-refractivity contribution in [1.82, 2.24) is 90.4 Å². The minimum Gasteiger partial charge on any atom is -0.481 e. The number of aliphatic hydroxyl groups excluding tert-OH is 2. The number of amides is 4. The quantitative estimate of drug-likeness (QED) is 0.0214. The van der Waals surface area contributed by atoms with Gasteiger partial charge in [0.25, 0.3) is 0 Å². The van der Waals surface area contributed by atoms with Crippen LogP contribution in [0.3, 0.4) is 0 Å². The number of carboxylic acid groups (broad SMARTS) is 10. The molecule has 15 atom stereocenters. The van der Waals surface area contributed by atoms with E-state index >= 15 is 0 Å². The number of nitrogens with one attached hydrogen (secondary N) is 17. The monoisotopic (exact) mass is 1860 g/mol. The van der Waals surface area contributed by atoms with Crippen LogP contribution < -0.4 is 102 Å². The van der Waals surface area contributed by atoms with Crippen molar-refractivity contribution in [2.45, 2.75) is 246 Å². The first-order valence-electron chi connectivity index (χ1n) is 42.1. The van der Waals surface area contributed by atoms with Crippen LogP contribution >= 0.6 is 0 Å². The zero-order valence-electron chi connectivity index (χ0n) is 82.1. The van der Waals surface area contributed by atoms with Crippen LogP contribution in [0.4, 0.5) is 0 Å². The van der Waals surface area contributed by atoms with Crippen LogP contribution in [0.5, 0.6) is 0 Å². The molecule has 0 radical (unpaired) electrons. The topological polar surface area (TPSA) is 765 Å². The predicted octanol–water partition coefficient (Wildman–Crippen LogP) is -2.99. The van der Waals surface area contributed by atoms with Gasteiger partial charge in [-0.15, -0.1) is 0 Å². The Hall–Kier alpha value is -8.63. The molecule has 764 valence electrons. The highest BCUT2D eigenvalue weighted by Gasteiger charge is 2.32. The molecule has 128 heavy (non-hydrogen) atoms. The number of carbonyl (C=O) groups is 15. The number of nitrogens with two attached hydrogens (primary N) is 2. The number of hydrogen-bond donors (Lipinski definition) is 31. The predicted molar refractivity (Wildman–Crippen MR) is 494 cm³/mol. The Morgan fingerprint density at radius 1 is 0.445 bits per heavy atom. The fourth-order valence-corrected chi connectivity index (χ4v) is 9.51. The van der Waals surface area contributed by atoms with Gasteiger partial charge in [-0.2, -0.15) is 0 Å². The van der Waals surface area contributed by atoms with Gasteiger partial charge in [-0.3, -0.25) is 71.9 Å². The van der Waals surface area contributed by atoms with Crippen molar-refractivity contribution in [2.75, 3.05) is 152 Å². The summed E-state index contributed by atoms with van der Waals surface area (Å²) in [6, 6.07) is -4.16. The zero-order chi connectivity index (χ0) is 104. The zero-order valence-corrected chi connectivity index (χ0v) is 82.1. The molecule has 2 fully saturated rings. The van der Waals surface area contributed by atoms with E-state index < -0.39 is 120 Å². The Balaban J connectivity index is -0.000000101. The number of primary amides is 2. The minimum atomic E-state index is -1.03. The minimum absolute atomic E-state index is 0.0263. The SMILES string of the molecule is CCC(C)C(NC)C(=O)O.CCCNC.CCOC(=O)[C@@H]1CCCC[C@H]1NC.CNC.CNC(C(=O)O)C(C)C.CNC(C(=O)O)C(C)O.CNC(C(N)=O)C(C)C.CNC(C)(C)C(=O)O.CNC(C)C(=O)O.CNC(CC(C)C)C(=O)O.CNC(CNC=O)C(=O)O.CNC(CNC=O)C(N)=O.CNC(CO)C(=O)O.CNCC(=O)O.CN[C@@H]1CCCC[C@@H]1C(=O)O. The molecule has 11 unspecified atom stereocenters. The van der Waals surface area contributed by atoms with E-state index in [9.17, 15) is 71.9 Å². The Morgan fingerprint density at radius 2 is 0.812 bits per heavy atom. The van der Waals surface area contributed by atoms with E-state index in [4.69, 9.17) is 77.5 Å². The van der Waals surface area contributed by atoms with Crippen LogP contribution in [-0.4, -0.2) is 382 Å². The Kier molecular flexibility index (Phi) is 116. The highest BCUT2D eigenvalue weighted by molar-refractivity contribution is 5.81. The summed E-state index contributed by atoms with van der Waals surface area (Å²) < 4.78 is 5.03. The molecule has 33 N–H and O–H groups in total. The molecule has 0 bridgehead atoms. The van der Waals surface area contributed by atoms with Crippen LogP contribution in [0.2, 0.25) is 0 Å². The summed E-state index contributed by atoms with van der Waals surface area (Å²) in [4.78, 5) is 154. The molecule has 0 aromatic rings. The van der Waals surface area contributed by atoms with Gasteiger partial charge in [0.2, 0.25) is 24.6 Å². The number of hydrogen-bond acceptors (Lipinski definition) is 33. The average molecular weight is 1870 g/mol. The van der Waals surface area contributed by atoms with Crippen molar-refractivity contribution in [3.05, 3.63) is 0 Å². The lowest BCUT2D eigenvalue weighted by molar-refractivity contribution is -0.150. The summed E-state index contributed by atoms with van der Waals surface area (Å²) in [6.07, 6.45) is 11.5. The number of aliphatic carboxylic acids is 10. The van der Waals surface area contributed by atoms with Crippen molar-refractivity contribution in [1.29, 1.82) is 0 Å². The van der Waals surface area contributed by atoms with Gasteiger partial charge >= 0.3 is 65.7 Å². The molecule has 47 heteroatoms. The molecule has 2 aliphatic rings. The molecule has 0 aromatic carbocycles. The van der Waals surface area contributed by atoms with E-state index in [-0.39, 0.29) is 85.8 Å². The van der Waals surface area contributed by atoms with E-state index in [1.54, 1.807) is 77.2 Å². The maximum Gasteiger partial charge on any atom is 0.323 e. The van der Waals surface area contributed by atoms with Crippen molar-refractivity contribution in [3.63, 3.8) is 0 Å². The summed E-state index contributed by atoms with van der Waals surface area (Å²) in [5.41, 5.74) is 9.19. The van der Waals surface area contributed by atoms with Crippen molar-refractivity contribution < 1.29 is 138 Å². The van der Waals surface area contributed by atoms with Crippen molar-refractivity contribution in [2.24, 2.45) is 47.0 Å². The van der Waals surface area contributed by atoms with E-state index in [1.165, 1.54) is 40.9 Å². The summed E-state index contributed by atoms with van der Waals surface area (Å²) >= 11 is 0. The Labute approximate surface area is 760 Å². The van der Waals surface area contributed by atoms with Gasteiger partial charge in [-0.25, -0.2) is 0 Å². The third kappa shape index (κ3) is 96.5. The smallest absolute Gasteiger partial charge is 0.323 e. The lowest BCUT2D eigenvalue weighted by atomic mass is 9.84. The first-order chi connectivity index (χ1) is 59.5. The highest BCUT2D eigenvalue weighted by atomic mass is 16.5. The highest BCUT2D eigenvalue weighted by Crippen LogP contribution is 2.26. The first kappa shape index (κ1) is 148. The van der Waals surface area contributed by atoms with Crippen LogP contribution in [0.1, 0.15) is 168 Å². The number of carboxylic acids is 10. The molecule has 2 saturated carbocycles. The van der Waals surface area contributed by atoms with Crippen molar-refractivity contribution >= 4 is 90.3 Å². The van der Waals surface area contributed by atoms with Crippen LogP contribution in [0, 0.1) is 35.5 Å². The number of rotatable bonds is 43. The Bertz CT molecular complexity index is 2680. The standard InChI is InChI=1S/C10H19NO2.C8H15NO2.2C7H15NO2.C6H14N2O.C6H13NO2.C5H11N3O2.C5H10N2O3.C5H11NO3.C5H11NO2.C4H9NO3.C4H9NO2.C4H11N.C3H7NO2.C2H7N/c1-3-13-10(12)8-6-4-5-7-9(8)11-2;1-9-7-5-3-2-4-6(7)8(10)11;1-5(2)4-6(8-3)7(9)10;1-4-5(2)6(8-3)7(9)10;1-4(2)5(8-3)6(7)9;1-4(2)5(7-3)6(8)9;1-7-4(5(6)10)2-8-3-9;1-6-4(5(9)10)2-7-3-8;1-3(7)4(6-2)5(8)9;1-5(2,6-3)4(7)8;1-5-3(2-6)4(7)8;1-3(5-2)4(6)7;1-3-4-5-2;1-4-2-3(5)6;1-3-2/h8-9,11H,3-7H2,1-2H3;6-7,9H,2-5H2,1H3,(H,10,11);2*5-6,8H,4H2,1-3H3,(H,9,10);4-5,8H,1-3H3,(H2,7,9);4-5,7H,1-3H3,(H,8,9);3-4,7H,2H2,1H3,(H2,6,10)(H,8,9);3-4,6H,2H2,1H3,(H,7,8)(H,9,10);3-4,6-7H,1-2H3,(H,8,9);6H,1-3H3,(H,7,8);3,5-6H,2H2,1H3,(H,7,8);3,5H,1-2H3,(H,6,7);5H,3-4H2,1-2H3;4H,2H2,1H3,(H,5,6);3H,1-2H3/t8-,9-;6-,7+;;;;;;;;;;;;;/m10............./s1. The average Bonchev–Trinajstić information content (AvgIpc) is 0.872. The molecular formula is C81H177N19O28. The molecule has 0 spiro atoms. The summed E-state index contributed by atoms with van der Waals surface area (Å²) in [6.45, 7) is 27.4. The number of aliphatic hydroxyl groups is 2. The second-order valence-corrected chi connectivity index (χ2v) is 29.5. The lowest BCUT2D eigenvalue weighted by Crippen LogP contribution is -2.45. The fourth-order valence-electron chi connectivity index (χ4n) is 9.51. The third-order valence-electron chi connectivity index (χ3n) is 17.7. The van der Waals surface area contributed by atoms with Crippen molar-refractivity contribution in [3.8, 4) is 0 Å². The first-order valence-corrected chi connectivity index (χ1v) is 42.1. The largest absolute Gasteiger partial charge is 0.481 e. The molecule has 0 aliphatic heterocycles. The maximum atomic E-state index is 11.5. The number of esters is 1. The van der Waals surface area contributed by atoms with Gasteiger partial charge in [-0.1, -0.05) is 94.4 Å². The molecule has 47 nitrogen and oxygen atoms in total. The van der Waals surface area contributed by atoms with Crippen LogP contribution in [0.25, 0.3) is 0 Å². The van der Waals surface area contributed by atoms with Gasteiger partial charge in [0.15, 0.2) is 0 Å². The molecular weight excluding hydrogens is 1690 g/mol.